The van der Waals surface area contributed by atoms with Gasteiger partial charge in [-0.05, 0) is 92.1 Å². The SMILES string of the molecule is C=C/C=C\C(=C/C)N1C(=O)/C(=C/c2cc(Br)c(OCc3cccc4ccccc34)c(CC=C)c2)C(=O)N=C1SCC(=O)NC(c1ccccc1)c1ccccc1. The first-order chi connectivity index (χ1) is 27.3. The van der Waals surface area contributed by atoms with Gasteiger partial charge in [-0.25, -0.2) is 0 Å². The van der Waals surface area contributed by atoms with E-state index in [1.165, 1.54) is 11.0 Å². The summed E-state index contributed by atoms with van der Waals surface area (Å²) in [5.41, 5.74) is 4.66. The van der Waals surface area contributed by atoms with Gasteiger partial charge in [-0.15, -0.1) is 6.58 Å². The zero-order chi connectivity index (χ0) is 39.4. The van der Waals surface area contributed by atoms with Crippen LogP contribution >= 0.6 is 27.7 Å². The van der Waals surface area contributed by atoms with Crippen LogP contribution in [0.25, 0.3) is 16.8 Å². The van der Waals surface area contributed by atoms with Gasteiger partial charge >= 0.3 is 0 Å². The highest BCUT2D eigenvalue weighted by Gasteiger charge is 2.35. The van der Waals surface area contributed by atoms with E-state index in [0.29, 0.717) is 34.5 Å². The highest BCUT2D eigenvalue weighted by atomic mass is 79.9. The third-order valence-corrected chi connectivity index (χ3v) is 10.5. The molecule has 1 aliphatic heterocycles. The average molecular weight is 823 g/mol. The lowest BCUT2D eigenvalue weighted by Gasteiger charge is -2.28. The van der Waals surface area contributed by atoms with Crippen molar-refractivity contribution < 1.29 is 19.1 Å². The van der Waals surface area contributed by atoms with E-state index in [4.69, 9.17) is 4.74 Å². The summed E-state index contributed by atoms with van der Waals surface area (Å²) in [6.07, 6.45) is 10.5. The minimum Gasteiger partial charge on any atom is -0.487 e. The maximum atomic E-state index is 14.3. The number of benzene rings is 5. The van der Waals surface area contributed by atoms with E-state index in [-0.39, 0.29) is 22.4 Å². The Balaban J connectivity index is 1.27. The zero-order valence-corrected chi connectivity index (χ0v) is 33.3. The Morgan fingerprint density at radius 1 is 0.911 bits per heavy atom. The van der Waals surface area contributed by atoms with Gasteiger partial charge in [0.05, 0.1) is 16.3 Å². The molecular weight excluding hydrogens is 783 g/mol. The number of aliphatic imine (C=N–C) groups is 1. The molecule has 0 bridgehead atoms. The molecule has 0 saturated carbocycles. The molecule has 0 aliphatic carbocycles. The number of hydrogen-bond donors (Lipinski definition) is 1. The van der Waals surface area contributed by atoms with Gasteiger partial charge in [-0.1, -0.05) is 146 Å². The van der Waals surface area contributed by atoms with Gasteiger partial charge < -0.3 is 10.1 Å². The van der Waals surface area contributed by atoms with Crippen LogP contribution in [-0.2, 0) is 27.4 Å². The maximum Gasteiger partial charge on any atom is 0.285 e. The van der Waals surface area contributed by atoms with Gasteiger partial charge in [0.15, 0.2) is 5.17 Å². The number of nitrogens with one attached hydrogen (secondary N) is 1. The maximum absolute atomic E-state index is 14.3. The number of amidine groups is 1. The van der Waals surface area contributed by atoms with Crippen LogP contribution < -0.4 is 10.1 Å². The van der Waals surface area contributed by atoms with Gasteiger partial charge in [0.25, 0.3) is 11.8 Å². The molecule has 1 heterocycles. The monoisotopic (exact) mass is 821 g/mol. The molecule has 0 aromatic heterocycles. The second kappa shape index (κ2) is 19.0. The number of allylic oxidation sites excluding steroid dienone is 5. The molecule has 0 atom stereocenters. The van der Waals surface area contributed by atoms with Crippen molar-refractivity contribution in [3.8, 4) is 5.75 Å². The topological polar surface area (TPSA) is 88.1 Å². The van der Waals surface area contributed by atoms with Crippen molar-refractivity contribution in [1.82, 2.24) is 10.2 Å². The number of hydrogen-bond acceptors (Lipinski definition) is 5. The molecule has 5 aromatic carbocycles. The number of carbonyl (C=O) groups is 3. The molecule has 0 unspecified atom stereocenters. The summed E-state index contributed by atoms with van der Waals surface area (Å²) in [6, 6.07) is 37.0. The summed E-state index contributed by atoms with van der Waals surface area (Å²) in [7, 11) is 0. The molecule has 9 heteroatoms. The van der Waals surface area contributed by atoms with E-state index >= 15 is 0 Å². The van der Waals surface area contributed by atoms with Crippen molar-refractivity contribution in [2.24, 2.45) is 4.99 Å². The largest absolute Gasteiger partial charge is 0.487 e. The molecule has 5 aromatic rings. The number of ether oxygens (including phenoxy) is 1. The van der Waals surface area contributed by atoms with E-state index < -0.39 is 17.9 Å². The fourth-order valence-corrected chi connectivity index (χ4v) is 7.80. The van der Waals surface area contributed by atoms with Crippen LogP contribution in [-0.4, -0.2) is 33.5 Å². The average Bonchev–Trinajstić information content (AvgIpc) is 3.22. The number of fused-ring (bicyclic) bond motifs is 1. The first kappa shape index (κ1) is 39.7. The van der Waals surface area contributed by atoms with Crippen molar-refractivity contribution in [3.05, 3.63) is 202 Å². The summed E-state index contributed by atoms with van der Waals surface area (Å²) in [5, 5.41) is 5.45. The van der Waals surface area contributed by atoms with E-state index in [1.807, 2.05) is 97.1 Å². The predicted octanol–water partition coefficient (Wildman–Crippen LogP) is 10.3. The molecule has 3 amide bonds. The van der Waals surface area contributed by atoms with E-state index in [2.05, 4.69) is 57.6 Å². The number of carbonyl (C=O) groups excluding carboxylic acids is 3. The van der Waals surface area contributed by atoms with Crippen LogP contribution in [0.4, 0.5) is 0 Å². The number of rotatable bonds is 14. The Hall–Kier alpha value is -6.03. The molecule has 1 aliphatic rings. The number of nitrogens with zero attached hydrogens (tertiary/aromatic N) is 2. The minimum atomic E-state index is -0.707. The van der Waals surface area contributed by atoms with Gasteiger partial charge in [0, 0.05) is 5.70 Å². The Morgan fingerprint density at radius 2 is 1.59 bits per heavy atom. The van der Waals surface area contributed by atoms with Crippen LogP contribution in [0.3, 0.4) is 0 Å². The van der Waals surface area contributed by atoms with Crippen molar-refractivity contribution in [3.63, 3.8) is 0 Å². The Labute approximate surface area is 340 Å². The Morgan fingerprint density at radius 3 is 2.27 bits per heavy atom. The first-order valence-electron chi connectivity index (χ1n) is 18.0. The van der Waals surface area contributed by atoms with Crippen molar-refractivity contribution in [2.45, 2.75) is 26.0 Å². The molecule has 0 fully saturated rings. The van der Waals surface area contributed by atoms with E-state index in [1.54, 1.807) is 37.3 Å². The fraction of sp³-hybridized carbons (Fsp3) is 0.106. The zero-order valence-electron chi connectivity index (χ0n) is 30.9. The summed E-state index contributed by atoms with van der Waals surface area (Å²) < 4.78 is 7.06. The summed E-state index contributed by atoms with van der Waals surface area (Å²) in [5.74, 6) is -1.01. The van der Waals surface area contributed by atoms with Gasteiger partial charge in [0.2, 0.25) is 5.91 Å². The fourth-order valence-electron chi connectivity index (χ4n) is 6.35. The normalized spacial score (nSPS) is 14.1. The first-order valence-corrected chi connectivity index (χ1v) is 19.8. The molecular formula is C47H40BrN3O4S. The quantitative estimate of drug-likeness (QED) is 0.0522. The lowest BCUT2D eigenvalue weighted by molar-refractivity contribution is -0.126. The molecule has 0 radical (unpaired) electrons. The van der Waals surface area contributed by atoms with Crippen LogP contribution in [0.2, 0.25) is 0 Å². The summed E-state index contributed by atoms with van der Waals surface area (Å²) in [6.45, 7) is 9.82. The minimum absolute atomic E-state index is 0.0919. The van der Waals surface area contributed by atoms with Crippen LogP contribution in [0, 0.1) is 0 Å². The second-order valence-corrected chi connectivity index (χ2v) is 14.5. The van der Waals surface area contributed by atoms with E-state index in [9.17, 15) is 14.4 Å². The molecule has 0 saturated heterocycles. The van der Waals surface area contributed by atoms with E-state index in [0.717, 1.165) is 44.8 Å². The third-order valence-electron chi connectivity index (χ3n) is 8.98. The van der Waals surface area contributed by atoms with Crippen LogP contribution in [0.1, 0.15) is 40.8 Å². The van der Waals surface area contributed by atoms with Gasteiger partial charge in [-0.2, -0.15) is 4.99 Å². The Bertz CT molecular complexity index is 2360. The smallest absolute Gasteiger partial charge is 0.285 e. The van der Waals surface area contributed by atoms with Crippen LogP contribution in [0.5, 0.6) is 5.75 Å². The highest BCUT2D eigenvalue weighted by molar-refractivity contribution is 9.10. The third kappa shape index (κ3) is 9.42. The molecule has 6 rings (SSSR count). The van der Waals surface area contributed by atoms with Crippen LogP contribution in [0.15, 0.2) is 180 Å². The van der Waals surface area contributed by atoms with Crippen molar-refractivity contribution >= 4 is 67.4 Å². The molecule has 1 N–H and O–H groups in total. The number of halogens is 1. The summed E-state index contributed by atoms with van der Waals surface area (Å²) in [4.78, 5) is 47.2. The summed E-state index contributed by atoms with van der Waals surface area (Å²) >= 11 is 4.70. The molecule has 56 heavy (non-hydrogen) atoms. The van der Waals surface area contributed by atoms with Gasteiger partial charge in [-0.3, -0.25) is 19.3 Å². The Kier molecular flexibility index (Phi) is 13.5. The standard InChI is InChI=1S/C47H40BrN3O4S/c1-4-7-25-38(6-3)51-46(54)40(45(53)50-47(51)56-31-42(52)49-43(34-19-10-8-11-20-34)35-21-12-9-13-22-35)28-32-27-36(17-5-2)44(41(48)29-32)55-30-37-24-16-23-33-18-14-15-26-39(33)37/h4-16,18-29,43H,1-2,17,30-31H2,3H3,(H,49,52)/b25-7-,38-6+,40-28+. The molecule has 0 spiro atoms. The molecule has 280 valence electrons. The second-order valence-electron chi connectivity index (χ2n) is 12.7. The lowest BCUT2D eigenvalue weighted by Crippen LogP contribution is -2.42. The number of thioether (sulfide) groups is 1. The highest BCUT2D eigenvalue weighted by Crippen LogP contribution is 2.35. The van der Waals surface area contributed by atoms with Gasteiger partial charge in [0.1, 0.15) is 17.9 Å². The van der Waals surface area contributed by atoms with Crippen molar-refractivity contribution in [1.29, 1.82) is 0 Å². The molecule has 7 nitrogen and oxygen atoms in total. The lowest BCUT2D eigenvalue weighted by atomic mass is 9.99. The number of amides is 3. The van der Waals surface area contributed by atoms with Crippen molar-refractivity contribution in [2.75, 3.05) is 5.75 Å². The predicted molar refractivity (Wildman–Crippen MR) is 232 cm³/mol.